The number of benzene rings is 1. The Labute approximate surface area is 139 Å². The molecule has 4 aromatic rings. The smallest absolute Gasteiger partial charge is 0.251 e. The summed E-state index contributed by atoms with van der Waals surface area (Å²) in [5.41, 5.74) is 0.973. The SMILES string of the molecule is O=c1ccnc(Sc2ncnc3sc(-c4ccccc4)cc23)[nH]1. The van der Waals surface area contributed by atoms with Gasteiger partial charge < -0.3 is 4.98 Å². The van der Waals surface area contributed by atoms with Gasteiger partial charge in [-0.25, -0.2) is 15.0 Å². The van der Waals surface area contributed by atoms with Crippen LogP contribution < -0.4 is 5.56 Å². The van der Waals surface area contributed by atoms with Gasteiger partial charge in [0.15, 0.2) is 5.16 Å². The molecule has 0 spiro atoms. The van der Waals surface area contributed by atoms with Crippen LogP contribution in [0.5, 0.6) is 0 Å². The van der Waals surface area contributed by atoms with Crippen molar-refractivity contribution in [2.75, 3.05) is 0 Å². The number of aromatic amines is 1. The second-order valence-electron chi connectivity index (χ2n) is 4.72. The average Bonchev–Trinajstić information content (AvgIpc) is 3.01. The third-order valence-corrected chi connectivity index (χ3v) is 5.20. The summed E-state index contributed by atoms with van der Waals surface area (Å²) in [5.74, 6) is 0. The number of hydrogen-bond donors (Lipinski definition) is 1. The molecule has 0 atom stereocenters. The summed E-state index contributed by atoms with van der Waals surface area (Å²) in [5, 5.41) is 2.26. The predicted molar refractivity (Wildman–Crippen MR) is 91.8 cm³/mol. The Bertz CT molecular complexity index is 1030. The first kappa shape index (κ1) is 14.1. The quantitative estimate of drug-likeness (QED) is 0.456. The van der Waals surface area contributed by atoms with E-state index in [1.807, 2.05) is 18.2 Å². The van der Waals surface area contributed by atoms with Gasteiger partial charge in [0.2, 0.25) is 0 Å². The Morgan fingerprint density at radius 1 is 1.04 bits per heavy atom. The molecule has 112 valence electrons. The molecule has 0 bridgehead atoms. The fourth-order valence-corrected chi connectivity index (χ4v) is 4.04. The second-order valence-corrected chi connectivity index (χ2v) is 6.72. The molecule has 0 radical (unpaired) electrons. The molecule has 1 aromatic carbocycles. The predicted octanol–water partition coefficient (Wildman–Crippen LogP) is 3.59. The van der Waals surface area contributed by atoms with Crippen molar-refractivity contribution >= 4 is 33.3 Å². The number of hydrogen-bond acceptors (Lipinski definition) is 6. The van der Waals surface area contributed by atoms with Gasteiger partial charge in [-0.05, 0) is 23.4 Å². The molecule has 4 rings (SSSR count). The Kier molecular flexibility index (Phi) is 3.64. The number of rotatable bonds is 3. The molecule has 0 saturated carbocycles. The van der Waals surface area contributed by atoms with E-state index in [-0.39, 0.29) is 5.56 Å². The number of fused-ring (bicyclic) bond motifs is 1. The fraction of sp³-hybridized carbons (Fsp3) is 0. The van der Waals surface area contributed by atoms with Crippen molar-refractivity contribution in [1.29, 1.82) is 0 Å². The summed E-state index contributed by atoms with van der Waals surface area (Å²) in [6.45, 7) is 0. The van der Waals surface area contributed by atoms with Crippen molar-refractivity contribution in [3.63, 3.8) is 0 Å². The van der Waals surface area contributed by atoms with E-state index in [1.54, 1.807) is 11.3 Å². The number of nitrogens with one attached hydrogen (secondary N) is 1. The molecular formula is C16H10N4OS2. The van der Waals surface area contributed by atoms with Crippen molar-refractivity contribution in [2.24, 2.45) is 0 Å². The lowest BCUT2D eigenvalue weighted by Crippen LogP contribution is -2.05. The minimum atomic E-state index is -0.178. The van der Waals surface area contributed by atoms with Crippen molar-refractivity contribution in [1.82, 2.24) is 19.9 Å². The summed E-state index contributed by atoms with van der Waals surface area (Å²) in [7, 11) is 0. The zero-order valence-electron chi connectivity index (χ0n) is 11.8. The Hall–Kier alpha value is -2.51. The molecular weight excluding hydrogens is 328 g/mol. The van der Waals surface area contributed by atoms with Crippen LogP contribution in [0.3, 0.4) is 0 Å². The molecule has 0 aliphatic heterocycles. The van der Waals surface area contributed by atoms with Crippen LogP contribution in [-0.2, 0) is 0 Å². The van der Waals surface area contributed by atoms with Gasteiger partial charge in [0.25, 0.3) is 5.56 Å². The second kappa shape index (κ2) is 5.94. The topological polar surface area (TPSA) is 71.5 Å². The van der Waals surface area contributed by atoms with Crippen LogP contribution in [0.2, 0.25) is 0 Å². The third kappa shape index (κ3) is 2.88. The van der Waals surface area contributed by atoms with Crippen LogP contribution in [0, 0.1) is 0 Å². The zero-order valence-corrected chi connectivity index (χ0v) is 13.4. The van der Waals surface area contributed by atoms with Crippen LogP contribution in [0.4, 0.5) is 0 Å². The van der Waals surface area contributed by atoms with Gasteiger partial charge in [-0.2, -0.15) is 0 Å². The van der Waals surface area contributed by atoms with E-state index in [9.17, 15) is 4.79 Å². The van der Waals surface area contributed by atoms with Gasteiger partial charge in [-0.1, -0.05) is 30.3 Å². The van der Waals surface area contributed by atoms with Gasteiger partial charge in [0, 0.05) is 22.5 Å². The average molecular weight is 338 g/mol. The first-order valence-corrected chi connectivity index (χ1v) is 8.46. The summed E-state index contributed by atoms with van der Waals surface area (Å²) in [6.07, 6.45) is 3.03. The maximum absolute atomic E-state index is 11.4. The largest absolute Gasteiger partial charge is 0.301 e. The van der Waals surface area contributed by atoms with Crippen molar-refractivity contribution in [3.8, 4) is 10.4 Å². The molecule has 3 heterocycles. The van der Waals surface area contributed by atoms with E-state index in [1.165, 1.54) is 30.4 Å². The van der Waals surface area contributed by atoms with Gasteiger partial charge in [-0.3, -0.25) is 4.79 Å². The molecule has 0 fully saturated rings. The normalized spacial score (nSPS) is 11.0. The first-order valence-electron chi connectivity index (χ1n) is 6.83. The minimum Gasteiger partial charge on any atom is -0.301 e. The van der Waals surface area contributed by atoms with E-state index in [0.29, 0.717) is 5.16 Å². The molecule has 0 aliphatic carbocycles. The van der Waals surface area contributed by atoms with Gasteiger partial charge >= 0.3 is 0 Å². The highest BCUT2D eigenvalue weighted by Crippen LogP contribution is 2.37. The highest BCUT2D eigenvalue weighted by molar-refractivity contribution is 7.99. The van der Waals surface area contributed by atoms with Crippen LogP contribution in [-0.4, -0.2) is 19.9 Å². The molecule has 23 heavy (non-hydrogen) atoms. The summed E-state index contributed by atoms with van der Waals surface area (Å²) >= 11 is 2.95. The van der Waals surface area contributed by atoms with E-state index in [4.69, 9.17) is 0 Å². The Balaban J connectivity index is 1.79. The molecule has 5 nitrogen and oxygen atoms in total. The molecule has 1 N–H and O–H groups in total. The minimum absolute atomic E-state index is 0.178. The molecule has 0 saturated heterocycles. The number of aromatic nitrogens is 4. The number of thiophene rings is 1. The lowest BCUT2D eigenvalue weighted by Gasteiger charge is -2.00. The highest BCUT2D eigenvalue weighted by atomic mass is 32.2. The summed E-state index contributed by atoms with van der Waals surface area (Å²) in [4.78, 5) is 29.0. The van der Waals surface area contributed by atoms with Gasteiger partial charge in [-0.15, -0.1) is 11.3 Å². The van der Waals surface area contributed by atoms with Crippen LogP contribution >= 0.6 is 23.1 Å². The number of nitrogens with zero attached hydrogens (tertiary/aromatic N) is 3. The van der Waals surface area contributed by atoms with E-state index in [0.717, 1.165) is 25.7 Å². The molecule has 3 aromatic heterocycles. The maximum Gasteiger partial charge on any atom is 0.251 e. The van der Waals surface area contributed by atoms with Crippen molar-refractivity contribution < 1.29 is 0 Å². The maximum atomic E-state index is 11.4. The monoisotopic (exact) mass is 338 g/mol. The fourth-order valence-electron chi connectivity index (χ4n) is 2.16. The van der Waals surface area contributed by atoms with Crippen LogP contribution in [0.15, 0.2) is 70.0 Å². The Morgan fingerprint density at radius 2 is 1.91 bits per heavy atom. The zero-order chi connectivity index (χ0) is 15.6. The van der Waals surface area contributed by atoms with Crippen molar-refractivity contribution in [2.45, 2.75) is 10.2 Å². The molecule has 0 amide bonds. The highest BCUT2D eigenvalue weighted by Gasteiger charge is 2.12. The molecule has 7 heteroatoms. The summed E-state index contributed by atoms with van der Waals surface area (Å²) < 4.78 is 0. The summed E-state index contributed by atoms with van der Waals surface area (Å²) in [6, 6.07) is 13.6. The van der Waals surface area contributed by atoms with Gasteiger partial charge in [0.05, 0.1) is 0 Å². The van der Waals surface area contributed by atoms with Crippen LogP contribution in [0.1, 0.15) is 0 Å². The Morgan fingerprint density at radius 3 is 2.74 bits per heavy atom. The van der Waals surface area contributed by atoms with Crippen molar-refractivity contribution in [3.05, 3.63) is 65.3 Å². The lowest BCUT2D eigenvalue weighted by atomic mass is 10.2. The van der Waals surface area contributed by atoms with E-state index in [2.05, 4.69) is 38.1 Å². The van der Waals surface area contributed by atoms with Gasteiger partial charge in [0.1, 0.15) is 16.2 Å². The lowest BCUT2D eigenvalue weighted by molar-refractivity contribution is 0.932. The number of H-pyrrole nitrogens is 1. The van der Waals surface area contributed by atoms with E-state index < -0.39 is 0 Å². The molecule has 0 aliphatic rings. The standard InChI is InChI=1S/C16H10N4OS2/c21-13-6-7-17-16(20-13)23-15-11-8-12(10-4-2-1-3-5-10)22-14(11)18-9-19-15/h1-9H,(H,17,20,21). The third-order valence-electron chi connectivity index (χ3n) is 3.19. The van der Waals surface area contributed by atoms with Crippen LogP contribution in [0.25, 0.3) is 20.7 Å². The van der Waals surface area contributed by atoms with E-state index >= 15 is 0 Å². The molecule has 0 unspecified atom stereocenters. The first-order chi connectivity index (χ1) is 11.3.